The van der Waals surface area contributed by atoms with Crippen molar-refractivity contribution in [3.8, 4) is 0 Å². The summed E-state index contributed by atoms with van der Waals surface area (Å²) < 4.78 is 0. The topological polar surface area (TPSA) is 29.3 Å². The van der Waals surface area contributed by atoms with E-state index in [2.05, 4.69) is 36.1 Å². The van der Waals surface area contributed by atoms with E-state index in [4.69, 9.17) is 5.73 Å². The molecule has 0 radical (unpaired) electrons. The molecule has 16 heavy (non-hydrogen) atoms. The molecular weight excluding hydrogens is 196 g/mol. The van der Waals surface area contributed by atoms with Gasteiger partial charge in [0.25, 0.3) is 0 Å². The van der Waals surface area contributed by atoms with Crippen molar-refractivity contribution in [2.75, 3.05) is 13.1 Å². The highest BCUT2D eigenvalue weighted by Crippen LogP contribution is 2.20. The van der Waals surface area contributed by atoms with E-state index in [0.29, 0.717) is 6.04 Å². The van der Waals surface area contributed by atoms with Gasteiger partial charge < -0.3 is 5.73 Å². The molecule has 0 saturated heterocycles. The maximum absolute atomic E-state index is 5.84. The molecule has 1 aliphatic heterocycles. The predicted octanol–water partition coefficient (Wildman–Crippen LogP) is 2.17. The van der Waals surface area contributed by atoms with Gasteiger partial charge in [-0.3, -0.25) is 4.90 Å². The van der Waals surface area contributed by atoms with Gasteiger partial charge >= 0.3 is 0 Å². The van der Waals surface area contributed by atoms with Crippen molar-refractivity contribution in [1.29, 1.82) is 0 Å². The summed E-state index contributed by atoms with van der Waals surface area (Å²) in [4.78, 5) is 2.55. The standard InChI is InChI=1S/C14H22N2/c1-2-14(10-15)16-9-5-8-12-6-3-4-7-13(12)11-16/h3-4,6-7,14H,2,5,8-11,15H2,1H3. The van der Waals surface area contributed by atoms with Gasteiger partial charge in [0.2, 0.25) is 0 Å². The first-order chi connectivity index (χ1) is 7.85. The fourth-order valence-electron chi connectivity index (χ4n) is 2.61. The molecule has 1 aliphatic rings. The molecule has 1 aromatic carbocycles. The lowest BCUT2D eigenvalue weighted by molar-refractivity contribution is 0.189. The van der Waals surface area contributed by atoms with Crippen molar-refractivity contribution >= 4 is 0 Å². The van der Waals surface area contributed by atoms with Gasteiger partial charge in [0.05, 0.1) is 0 Å². The summed E-state index contributed by atoms with van der Waals surface area (Å²) in [5.41, 5.74) is 8.86. The van der Waals surface area contributed by atoms with Gasteiger partial charge in [0.15, 0.2) is 0 Å². The van der Waals surface area contributed by atoms with Crippen molar-refractivity contribution in [3.05, 3.63) is 35.4 Å². The van der Waals surface area contributed by atoms with E-state index >= 15 is 0 Å². The van der Waals surface area contributed by atoms with Gasteiger partial charge in [-0.25, -0.2) is 0 Å². The molecule has 0 bridgehead atoms. The summed E-state index contributed by atoms with van der Waals surface area (Å²) in [6, 6.07) is 9.37. The van der Waals surface area contributed by atoms with Crippen LogP contribution in [0, 0.1) is 0 Å². The van der Waals surface area contributed by atoms with Crippen LogP contribution in [0.1, 0.15) is 30.9 Å². The van der Waals surface area contributed by atoms with Crippen molar-refractivity contribution in [2.24, 2.45) is 5.73 Å². The van der Waals surface area contributed by atoms with Gasteiger partial charge in [-0.15, -0.1) is 0 Å². The third-order valence-electron chi connectivity index (χ3n) is 3.64. The minimum atomic E-state index is 0.547. The number of hydrogen-bond donors (Lipinski definition) is 1. The Morgan fingerprint density at radius 2 is 2.06 bits per heavy atom. The SMILES string of the molecule is CCC(CN)N1CCCc2ccccc2C1. The van der Waals surface area contributed by atoms with E-state index in [-0.39, 0.29) is 0 Å². The second kappa shape index (κ2) is 5.46. The van der Waals surface area contributed by atoms with Crippen LogP contribution >= 0.6 is 0 Å². The molecule has 0 aromatic heterocycles. The van der Waals surface area contributed by atoms with E-state index in [0.717, 1.165) is 19.5 Å². The summed E-state index contributed by atoms with van der Waals surface area (Å²) in [6.07, 6.45) is 3.62. The first kappa shape index (κ1) is 11.6. The molecule has 2 heteroatoms. The number of benzene rings is 1. The number of fused-ring (bicyclic) bond motifs is 1. The fourth-order valence-corrected chi connectivity index (χ4v) is 2.61. The second-order valence-corrected chi connectivity index (χ2v) is 4.64. The van der Waals surface area contributed by atoms with Gasteiger partial charge in [0, 0.05) is 19.1 Å². The first-order valence-electron chi connectivity index (χ1n) is 6.36. The quantitative estimate of drug-likeness (QED) is 0.842. The summed E-state index contributed by atoms with van der Waals surface area (Å²) in [7, 11) is 0. The van der Waals surface area contributed by atoms with Crippen LogP contribution in [0.4, 0.5) is 0 Å². The smallest absolute Gasteiger partial charge is 0.0239 e. The minimum absolute atomic E-state index is 0.547. The molecule has 1 heterocycles. The van der Waals surface area contributed by atoms with Crippen LogP contribution in [0.5, 0.6) is 0 Å². The summed E-state index contributed by atoms with van der Waals surface area (Å²) in [6.45, 7) is 5.27. The van der Waals surface area contributed by atoms with Crippen molar-refractivity contribution in [1.82, 2.24) is 4.90 Å². The van der Waals surface area contributed by atoms with Crippen LogP contribution in [0.15, 0.2) is 24.3 Å². The molecule has 1 aromatic rings. The Bertz CT molecular complexity index is 331. The van der Waals surface area contributed by atoms with E-state index < -0.39 is 0 Å². The number of nitrogens with two attached hydrogens (primary N) is 1. The lowest BCUT2D eigenvalue weighted by atomic mass is 10.0. The molecule has 0 spiro atoms. The first-order valence-corrected chi connectivity index (χ1v) is 6.36. The van der Waals surface area contributed by atoms with E-state index in [1.165, 1.54) is 30.5 Å². The molecular formula is C14H22N2. The maximum atomic E-state index is 5.84. The number of aryl methyl sites for hydroxylation is 1. The Balaban J connectivity index is 2.16. The lowest BCUT2D eigenvalue weighted by Gasteiger charge is -2.29. The van der Waals surface area contributed by atoms with Crippen molar-refractivity contribution in [2.45, 2.75) is 38.8 Å². The van der Waals surface area contributed by atoms with Gasteiger partial charge in [0.1, 0.15) is 0 Å². The van der Waals surface area contributed by atoms with Gasteiger partial charge in [-0.1, -0.05) is 31.2 Å². The van der Waals surface area contributed by atoms with Gasteiger partial charge in [-0.05, 0) is 36.9 Å². The molecule has 2 N–H and O–H groups in total. The predicted molar refractivity (Wildman–Crippen MR) is 68.3 cm³/mol. The Morgan fingerprint density at radius 3 is 2.75 bits per heavy atom. The maximum Gasteiger partial charge on any atom is 0.0239 e. The van der Waals surface area contributed by atoms with Crippen LogP contribution in [0.25, 0.3) is 0 Å². The molecule has 1 atom stereocenters. The highest BCUT2D eigenvalue weighted by molar-refractivity contribution is 5.28. The summed E-state index contributed by atoms with van der Waals surface area (Å²) >= 11 is 0. The highest BCUT2D eigenvalue weighted by Gasteiger charge is 2.19. The minimum Gasteiger partial charge on any atom is -0.329 e. The normalized spacial score (nSPS) is 18.9. The average Bonchev–Trinajstić information content (AvgIpc) is 2.53. The van der Waals surface area contributed by atoms with E-state index in [9.17, 15) is 0 Å². The Hall–Kier alpha value is -0.860. The number of hydrogen-bond acceptors (Lipinski definition) is 2. The lowest BCUT2D eigenvalue weighted by Crippen LogP contribution is -2.39. The summed E-state index contributed by atoms with van der Waals surface area (Å²) in [5, 5.41) is 0. The third-order valence-corrected chi connectivity index (χ3v) is 3.64. The van der Waals surface area contributed by atoms with Crippen LogP contribution in [-0.4, -0.2) is 24.0 Å². The summed E-state index contributed by atoms with van der Waals surface area (Å²) in [5.74, 6) is 0. The van der Waals surface area contributed by atoms with E-state index in [1.807, 2.05) is 0 Å². The Morgan fingerprint density at radius 1 is 1.31 bits per heavy atom. The van der Waals surface area contributed by atoms with E-state index in [1.54, 1.807) is 0 Å². The van der Waals surface area contributed by atoms with Crippen LogP contribution in [-0.2, 0) is 13.0 Å². The molecule has 0 aliphatic carbocycles. The highest BCUT2D eigenvalue weighted by atomic mass is 15.2. The molecule has 0 fully saturated rings. The molecule has 88 valence electrons. The monoisotopic (exact) mass is 218 g/mol. The molecule has 0 saturated carbocycles. The van der Waals surface area contributed by atoms with Crippen LogP contribution in [0.2, 0.25) is 0 Å². The third kappa shape index (κ3) is 2.45. The largest absolute Gasteiger partial charge is 0.329 e. The molecule has 2 nitrogen and oxygen atoms in total. The van der Waals surface area contributed by atoms with Crippen molar-refractivity contribution in [3.63, 3.8) is 0 Å². The fraction of sp³-hybridized carbons (Fsp3) is 0.571. The zero-order chi connectivity index (χ0) is 11.4. The zero-order valence-electron chi connectivity index (χ0n) is 10.2. The Kier molecular flexibility index (Phi) is 3.97. The molecule has 1 unspecified atom stereocenters. The van der Waals surface area contributed by atoms with Crippen LogP contribution in [0.3, 0.4) is 0 Å². The average molecular weight is 218 g/mol. The Labute approximate surface area is 98.4 Å². The number of rotatable bonds is 3. The zero-order valence-corrected chi connectivity index (χ0v) is 10.2. The molecule has 0 amide bonds. The van der Waals surface area contributed by atoms with Crippen molar-refractivity contribution < 1.29 is 0 Å². The second-order valence-electron chi connectivity index (χ2n) is 4.64. The molecule has 2 rings (SSSR count). The van der Waals surface area contributed by atoms with Crippen LogP contribution < -0.4 is 5.73 Å². The van der Waals surface area contributed by atoms with Gasteiger partial charge in [-0.2, -0.15) is 0 Å². The number of nitrogens with zero attached hydrogens (tertiary/aromatic N) is 1.